The highest BCUT2D eigenvalue weighted by Gasteiger charge is 2.66. The summed E-state index contributed by atoms with van der Waals surface area (Å²) in [5.74, 6) is 26.1. The Hall–Kier alpha value is -8.76. The van der Waals surface area contributed by atoms with Crippen LogP contribution in [0.25, 0.3) is 0 Å². The topological polar surface area (TPSA) is 312 Å². The molecule has 18 rings (SSSR count). The Morgan fingerprint density at radius 3 is 1.12 bits per heavy atom. The largest absolute Gasteiger partial charge is 0.481 e. The van der Waals surface area contributed by atoms with Crippen molar-refractivity contribution in [1.82, 2.24) is 10.9 Å². The monoisotopic (exact) mass is 1600 g/mol. The van der Waals surface area contributed by atoms with E-state index in [1.807, 2.05) is 45.0 Å². The smallest absolute Gasteiger partial charge is 0.306 e. The van der Waals surface area contributed by atoms with Crippen LogP contribution in [0.5, 0.6) is 34.5 Å². The van der Waals surface area contributed by atoms with Crippen LogP contribution in [0, 0.1) is 87.3 Å². The standard InChI is InChI=1S/2C29H33N3O3S.C28H30O4.C5H10O3.C2H6O/c2*1-3-11-29(33)12-10-23-21-7-4-17-13-19(31-32-27(30)36)6-8-20(17)26(21)22(15-28(23,29)2)18-5-9-24-25(14-18)35-16-34-24;1-3-11-28(30)12-10-23-21-7-4-17-13-19(29)6-8-20(17)26(21)22(15-27(23,28)2)18-5-9-24-25(14-18)32-16-31-24;1-5(2,8)3-4(6)7;1-2-3/h2*5,9,13-14,21-23,33H,4,6-8,10,12,15-16H2,1-2H3,(H3,30,32,36);5,9,13-14,21-23,30H,4,6-8,10,12,15-16H2,1-2H3;8H,3H2,1-2H3,(H,6,7);3H,2H2,1H3/t2*21-,22+,23-,28-,29-;21-,22+,23-,27-,28-;;/m100../s1. The van der Waals surface area contributed by atoms with Crippen molar-refractivity contribution < 1.29 is 68.6 Å². The maximum Gasteiger partial charge on any atom is 0.306 e. The van der Waals surface area contributed by atoms with Gasteiger partial charge in [-0.1, -0.05) is 73.5 Å². The molecule has 0 spiro atoms. The van der Waals surface area contributed by atoms with Crippen molar-refractivity contribution >= 4 is 57.8 Å². The van der Waals surface area contributed by atoms with Crippen LogP contribution < -0.4 is 50.7 Å². The number of hydrazone groups is 2. The first-order chi connectivity index (χ1) is 54.9. The van der Waals surface area contributed by atoms with Crippen LogP contribution in [0.3, 0.4) is 0 Å². The number of nitrogens with zero attached hydrogens (tertiary/aromatic N) is 2. The van der Waals surface area contributed by atoms with Crippen LogP contribution in [0.1, 0.15) is 238 Å². The van der Waals surface area contributed by atoms with Gasteiger partial charge in [-0.05, 0) is 335 Å². The number of carboxylic acid groups (broad SMARTS) is 1. The average Bonchev–Trinajstić information content (AvgIpc) is 1.60. The quantitative estimate of drug-likeness (QED) is 0.0597. The zero-order valence-electron chi connectivity index (χ0n) is 67.8. The number of hydrogen-bond donors (Lipinski definition) is 10. The third-order valence-corrected chi connectivity index (χ3v) is 28.5. The summed E-state index contributed by atoms with van der Waals surface area (Å²) in [6.45, 7) is 18.0. The van der Waals surface area contributed by atoms with E-state index in [2.05, 4.69) is 126 Å². The van der Waals surface area contributed by atoms with E-state index in [0.29, 0.717) is 41.9 Å². The number of carboxylic acids is 1. The lowest BCUT2D eigenvalue weighted by atomic mass is 9.51. The number of nitrogens with one attached hydrogen (secondary N) is 2. The lowest BCUT2D eigenvalue weighted by molar-refractivity contribution is -0.141. The van der Waals surface area contributed by atoms with Gasteiger partial charge in [0.2, 0.25) is 20.4 Å². The predicted octanol–water partition coefficient (Wildman–Crippen LogP) is 14.7. The van der Waals surface area contributed by atoms with E-state index >= 15 is 0 Å². The molecule has 3 aromatic carbocycles. The third kappa shape index (κ3) is 15.7. The van der Waals surface area contributed by atoms with Crippen LogP contribution in [-0.4, -0.2) is 113 Å². The van der Waals surface area contributed by atoms with Gasteiger partial charge in [0.15, 0.2) is 50.5 Å². The highest BCUT2D eigenvalue weighted by atomic mass is 32.1. The molecule has 15 atom stereocenters. The van der Waals surface area contributed by atoms with Gasteiger partial charge in [-0.3, -0.25) is 20.4 Å². The summed E-state index contributed by atoms with van der Waals surface area (Å²) >= 11 is 9.86. The molecule has 0 unspecified atom stereocenters. The molecule has 15 aliphatic rings. The molecule has 3 heterocycles. The van der Waals surface area contributed by atoms with Crippen LogP contribution in [-0.2, 0) is 9.59 Å². The van der Waals surface area contributed by atoms with Gasteiger partial charge in [0.25, 0.3) is 0 Å². The highest BCUT2D eigenvalue weighted by Crippen LogP contribution is 2.71. The van der Waals surface area contributed by atoms with E-state index in [4.69, 9.17) is 79.6 Å². The number of fused-ring (bicyclic) bond motifs is 15. The molecular formula is C93H112N6O14S2. The first kappa shape index (κ1) is 82.8. The minimum atomic E-state index is -1.08. The van der Waals surface area contributed by atoms with Crippen molar-refractivity contribution in [1.29, 1.82) is 0 Å². The second kappa shape index (κ2) is 33.0. The Bertz CT molecular complexity index is 4700. The Morgan fingerprint density at radius 1 is 0.513 bits per heavy atom. The molecule has 0 amide bonds. The number of aliphatic hydroxyl groups excluding tert-OH is 1. The highest BCUT2D eigenvalue weighted by molar-refractivity contribution is 7.80. The molecule has 3 aliphatic heterocycles. The van der Waals surface area contributed by atoms with Crippen molar-refractivity contribution in [2.75, 3.05) is 27.0 Å². The summed E-state index contributed by atoms with van der Waals surface area (Å²) in [4.78, 5) is 22.0. The van der Waals surface area contributed by atoms with Crippen molar-refractivity contribution in [3.05, 3.63) is 140 Å². The summed E-state index contributed by atoms with van der Waals surface area (Å²) in [6, 6.07) is 19.1. The van der Waals surface area contributed by atoms with E-state index in [1.54, 1.807) is 18.1 Å². The second-order valence-electron chi connectivity index (χ2n) is 35.1. The van der Waals surface area contributed by atoms with E-state index in [-0.39, 0.29) is 83.4 Å². The van der Waals surface area contributed by atoms with Gasteiger partial charge < -0.3 is 70.5 Å². The number of rotatable bonds is 7. The summed E-state index contributed by atoms with van der Waals surface area (Å²) in [5, 5.41) is 69.1. The normalized spacial score (nSPS) is 33.4. The molecule has 0 saturated heterocycles. The minimum Gasteiger partial charge on any atom is -0.481 e. The fourth-order valence-electron chi connectivity index (χ4n) is 23.3. The number of ketones is 1. The Labute approximate surface area is 687 Å². The zero-order chi connectivity index (χ0) is 81.7. The van der Waals surface area contributed by atoms with Gasteiger partial charge in [-0.15, -0.1) is 17.8 Å². The van der Waals surface area contributed by atoms with E-state index < -0.39 is 28.4 Å². The number of hydrogen-bond acceptors (Lipinski definition) is 17. The maximum absolute atomic E-state index is 12.2. The number of allylic oxidation sites excluding steroid dienone is 12. The van der Waals surface area contributed by atoms with Crippen LogP contribution in [0.15, 0.2) is 133 Å². The third-order valence-electron chi connectivity index (χ3n) is 28.3. The van der Waals surface area contributed by atoms with Crippen LogP contribution >= 0.6 is 24.4 Å². The lowest BCUT2D eigenvalue weighted by Crippen LogP contribution is -2.51. The molecule has 0 radical (unpaired) electrons. The molecule has 3 aromatic rings. The summed E-state index contributed by atoms with van der Waals surface area (Å²) in [5.41, 5.74) is 30.7. The number of ether oxygens (including phenoxy) is 6. The van der Waals surface area contributed by atoms with Crippen molar-refractivity contribution in [3.63, 3.8) is 0 Å². The van der Waals surface area contributed by atoms with Crippen LogP contribution in [0.2, 0.25) is 0 Å². The van der Waals surface area contributed by atoms with Gasteiger partial charge in [0, 0.05) is 47.0 Å². The molecule has 6 saturated carbocycles. The number of thiocarbonyl (C=S) groups is 2. The first-order valence-electron chi connectivity index (χ1n) is 41.2. The Kier molecular flexibility index (Phi) is 23.7. The fourth-order valence-corrected chi connectivity index (χ4v) is 23.4. The van der Waals surface area contributed by atoms with Gasteiger partial charge in [-0.25, -0.2) is 0 Å². The minimum absolute atomic E-state index is 0.186. The Balaban J connectivity index is 0.000000134. The summed E-state index contributed by atoms with van der Waals surface area (Å²) in [7, 11) is 0. The molecule has 22 heteroatoms. The lowest BCUT2D eigenvalue weighted by Gasteiger charge is -2.53. The summed E-state index contributed by atoms with van der Waals surface area (Å²) in [6.07, 6.45) is 25.3. The van der Waals surface area contributed by atoms with Gasteiger partial charge >= 0.3 is 5.97 Å². The van der Waals surface area contributed by atoms with Crippen molar-refractivity contribution in [2.24, 2.45) is 73.4 Å². The molecule has 610 valence electrons. The molecule has 20 nitrogen and oxygen atoms in total. The Morgan fingerprint density at radius 2 is 0.826 bits per heavy atom. The number of benzene rings is 3. The molecule has 6 fully saturated rings. The van der Waals surface area contributed by atoms with Gasteiger partial charge in [0.1, 0.15) is 16.8 Å². The van der Waals surface area contributed by atoms with Gasteiger partial charge in [-0.2, -0.15) is 10.2 Å². The first-order valence-corrected chi connectivity index (χ1v) is 42.0. The number of carbonyl (C=O) groups is 2. The van der Waals surface area contributed by atoms with E-state index in [9.17, 15) is 24.9 Å². The number of aliphatic carboxylic acids is 1. The molecule has 115 heavy (non-hydrogen) atoms. The van der Waals surface area contributed by atoms with E-state index in [0.717, 1.165) is 174 Å². The number of carbonyl (C=O) groups excluding carboxylic acids is 1. The summed E-state index contributed by atoms with van der Waals surface area (Å²) < 4.78 is 34.0. The SMILES string of the molecule is CC#C[C@@]1(O)CC[C@@H]2[C@H]3CCC4=CC(=NNC(N)=S)CCC4=C3[C@H](c3ccc4c(c3)OCO4)C[C@]21C.CC#C[C@]1(O)CC[C@H]2[C@@H]3CCC4=CC(=NNC(N)=S)CCC4=C3[C@@H](c3ccc4c(c3)OCO4)C[C@@]21C.CC#C[C@]1(O)CC[C@H]2[C@@H]3CCC4=CC(=O)CCC4=C3[C@@H](c3ccc4c(c3)OCO4)C[C@@]21C.CC(C)(O)CC(=O)O.CCO. The number of nitrogens with two attached hydrogens (primary N) is 2. The van der Waals surface area contributed by atoms with Gasteiger partial charge in [0.05, 0.1) is 23.4 Å². The van der Waals surface area contributed by atoms with Crippen molar-refractivity contribution in [3.8, 4) is 70.0 Å². The molecule has 12 aliphatic carbocycles. The fraction of sp³-hybridized carbons (Fsp3) is 0.548. The van der Waals surface area contributed by atoms with Crippen molar-refractivity contribution in [2.45, 2.75) is 244 Å². The molecular weight excluding hydrogens is 1490 g/mol. The molecule has 0 aromatic heterocycles. The van der Waals surface area contributed by atoms with E-state index in [1.165, 1.54) is 69.5 Å². The maximum atomic E-state index is 12.2. The molecule has 0 bridgehead atoms. The average molecular weight is 1600 g/mol. The predicted molar refractivity (Wildman–Crippen MR) is 450 cm³/mol. The second-order valence-corrected chi connectivity index (χ2v) is 36.0. The van der Waals surface area contributed by atoms with Crippen LogP contribution in [0.4, 0.5) is 0 Å². The molecule has 12 N–H and O–H groups in total. The number of aliphatic hydroxyl groups is 5. The zero-order valence-corrected chi connectivity index (χ0v) is 69.5.